The number of anilines is 2. The minimum atomic E-state index is -5.08. The van der Waals surface area contributed by atoms with Crippen molar-refractivity contribution in [2.24, 2.45) is 5.92 Å². The van der Waals surface area contributed by atoms with Crippen LogP contribution in [0.4, 0.5) is 24.7 Å². The van der Waals surface area contributed by atoms with E-state index in [0.717, 1.165) is 13.1 Å². The van der Waals surface area contributed by atoms with E-state index in [1.54, 1.807) is 12.1 Å². The van der Waals surface area contributed by atoms with Crippen molar-refractivity contribution in [1.29, 1.82) is 0 Å². The standard InChI is InChI=1S/C9H12N4O.C2HF3O2/c10-7-1-2-8(12-5-7)13-9(14)6-3-11-4-6;3-2(4,5)1(6)7/h1-2,5-6,11H,3-4,10H2,(H,12,13,14);(H,6,7). The molecule has 2 rings (SSSR count). The van der Waals surface area contributed by atoms with Gasteiger partial charge in [0.15, 0.2) is 0 Å². The van der Waals surface area contributed by atoms with Crippen LogP contribution in [-0.4, -0.2) is 41.2 Å². The van der Waals surface area contributed by atoms with Gasteiger partial charge >= 0.3 is 12.1 Å². The van der Waals surface area contributed by atoms with E-state index >= 15 is 0 Å². The minimum absolute atomic E-state index is 0.0148. The molecule has 0 aliphatic carbocycles. The average molecular weight is 306 g/mol. The highest BCUT2D eigenvalue weighted by Crippen LogP contribution is 2.13. The van der Waals surface area contributed by atoms with Crippen LogP contribution in [0.1, 0.15) is 0 Å². The third kappa shape index (κ3) is 5.65. The molecule has 0 radical (unpaired) electrons. The van der Waals surface area contributed by atoms with Gasteiger partial charge < -0.3 is 21.5 Å². The molecule has 116 valence electrons. The van der Waals surface area contributed by atoms with Crippen LogP contribution in [0.25, 0.3) is 0 Å². The number of carbonyl (C=O) groups is 2. The second-order valence-electron chi connectivity index (χ2n) is 4.12. The molecule has 0 unspecified atom stereocenters. The van der Waals surface area contributed by atoms with Crippen LogP contribution in [0.5, 0.6) is 0 Å². The van der Waals surface area contributed by atoms with Gasteiger partial charge in [-0.25, -0.2) is 9.78 Å². The molecule has 1 aliphatic heterocycles. The van der Waals surface area contributed by atoms with Gasteiger partial charge in [-0.1, -0.05) is 0 Å². The van der Waals surface area contributed by atoms with Gasteiger partial charge in [-0.05, 0) is 12.1 Å². The summed E-state index contributed by atoms with van der Waals surface area (Å²) in [6, 6.07) is 3.40. The van der Waals surface area contributed by atoms with Gasteiger partial charge in [0, 0.05) is 13.1 Å². The predicted octanol–water partition coefficient (Wildman–Crippen LogP) is 0.455. The number of nitrogens with two attached hydrogens (primary N) is 1. The lowest BCUT2D eigenvalue weighted by molar-refractivity contribution is -0.192. The predicted molar refractivity (Wildman–Crippen MR) is 67.3 cm³/mol. The smallest absolute Gasteiger partial charge is 0.475 e. The molecule has 5 N–H and O–H groups in total. The fourth-order valence-electron chi connectivity index (χ4n) is 1.18. The van der Waals surface area contributed by atoms with Crippen LogP contribution in [0.2, 0.25) is 0 Å². The molecule has 0 bridgehead atoms. The highest BCUT2D eigenvalue weighted by molar-refractivity contribution is 5.92. The fraction of sp³-hybridized carbons (Fsp3) is 0.364. The Bertz CT molecular complexity index is 500. The van der Waals surface area contributed by atoms with E-state index in [4.69, 9.17) is 15.6 Å². The molecule has 0 spiro atoms. The molecule has 1 aromatic rings. The molecule has 2 heterocycles. The maximum Gasteiger partial charge on any atom is 0.490 e. The zero-order valence-electron chi connectivity index (χ0n) is 10.6. The summed E-state index contributed by atoms with van der Waals surface area (Å²) in [6.45, 7) is 1.50. The van der Waals surface area contributed by atoms with Gasteiger partial charge in [0.2, 0.25) is 5.91 Å². The maximum atomic E-state index is 11.5. The average Bonchev–Trinajstić information content (AvgIpc) is 2.29. The third-order valence-corrected chi connectivity index (χ3v) is 2.43. The SMILES string of the molecule is Nc1ccc(NC(=O)C2CNC2)nc1.O=C(O)C(F)(F)F. The molecule has 0 atom stereocenters. The van der Waals surface area contributed by atoms with Crippen LogP contribution in [0.15, 0.2) is 18.3 Å². The summed E-state index contributed by atoms with van der Waals surface area (Å²) in [6.07, 6.45) is -3.56. The van der Waals surface area contributed by atoms with Crippen molar-refractivity contribution in [1.82, 2.24) is 10.3 Å². The molecule has 21 heavy (non-hydrogen) atoms. The van der Waals surface area contributed by atoms with E-state index < -0.39 is 12.1 Å². The number of hydrogen-bond acceptors (Lipinski definition) is 5. The van der Waals surface area contributed by atoms with Crippen LogP contribution >= 0.6 is 0 Å². The Morgan fingerprint density at radius 1 is 1.38 bits per heavy atom. The number of carboxylic acids is 1. The minimum Gasteiger partial charge on any atom is -0.475 e. The zero-order valence-corrected chi connectivity index (χ0v) is 10.6. The topological polar surface area (TPSA) is 117 Å². The molecule has 0 aromatic carbocycles. The number of hydrogen-bond donors (Lipinski definition) is 4. The first-order valence-electron chi connectivity index (χ1n) is 5.73. The lowest BCUT2D eigenvalue weighted by Gasteiger charge is -2.25. The highest BCUT2D eigenvalue weighted by atomic mass is 19.4. The molecule has 10 heteroatoms. The number of nitrogen functional groups attached to an aromatic ring is 1. The normalized spacial score (nSPS) is 14.4. The van der Waals surface area contributed by atoms with Crippen LogP contribution in [-0.2, 0) is 9.59 Å². The molecule has 1 aliphatic rings. The number of halogens is 3. The number of nitrogens with zero attached hydrogens (tertiary/aromatic N) is 1. The second-order valence-corrected chi connectivity index (χ2v) is 4.12. The Morgan fingerprint density at radius 2 is 1.95 bits per heavy atom. The molecule has 1 amide bonds. The summed E-state index contributed by atoms with van der Waals surface area (Å²) >= 11 is 0. The third-order valence-electron chi connectivity index (χ3n) is 2.43. The van der Waals surface area contributed by atoms with E-state index in [2.05, 4.69) is 15.6 Å². The zero-order chi connectivity index (χ0) is 16.0. The maximum absolute atomic E-state index is 11.5. The molecule has 1 aromatic heterocycles. The molecule has 1 saturated heterocycles. The number of aromatic nitrogens is 1. The lowest BCUT2D eigenvalue weighted by Crippen LogP contribution is -2.48. The van der Waals surface area contributed by atoms with Crippen molar-refractivity contribution in [2.45, 2.75) is 6.18 Å². The van der Waals surface area contributed by atoms with Crippen molar-refractivity contribution >= 4 is 23.4 Å². The van der Waals surface area contributed by atoms with Crippen molar-refractivity contribution in [2.75, 3.05) is 24.1 Å². The summed E-state index contributed by atoms with van der Waals surface area (Å²) in [7, 11) is 0. The van der Waals surface area contributed by atoms with Gasteiger partial charge in [-0.15, -0.1) is 0 Å². The number of amides is 1. The summed E-state index contributed by atoms with van der Waals surface area (Å²) in [5, 5.41) is 12.9. The summed E-state index contributed by atoms with van der Waals surface area (Å²) < 4.78 is 31.7. The van der Waals surface area contributed by atoms with Crippen LogP contribution in [0, 0.1) is 5.92 Å². The Labute approximate surface area is 117 Å². The number of carboxylic acid groups (broad SMARTS) is 1. The summed E-state index contributed by atoms with van der Waals surface area (Å²) in [5.41, 5.74) is 6.06. The number of rotatable bonds is 2. The molecule has 1 fully saturated rings. The Hall–Kier alpha value is -2.36. The highest BCUT2D eigenvalue weighted by Gasteiger charge is 2.38. The van der Waals surface area contributed by atoms with Crippen molar-refractivity contribution in [3.05, 3.63) is 18.3 Å². The van der Waals surface area contributed by atoms with E-state index in [9.17, 15) is 18.0 Å². The van der Waals surface area contributed by atoms with E-state index in [1.165, 1.54) is 6.20 Å². The molecular weight excluding hydrogens is 293 g/mol. The fourth-order valence-corrected chi connectivity index (χ4v) is 1.18. The largest absolute Gasteiger partial charge is 0.490 e. The molecular formula is C11H13F3N4O3. The summed E-state index contributed by atoms with van der Waals surface area (Å²) in [4.78, 5) is 24.3. The van der Waals surface area contributed by atoms with Gasteiger partial charge in [-0.3, -0.25) is 4.79 Å². The van der Waals surface area contributed by atoms with Crippen molar-refractivity contribution < 1.29 is 27.9 Å². The number of carbonyl (C=O) groups excluding carboxylic acids is 1. The first kappa shape index (κ1) is 16.7. The Balaban J connectivity index is 0.000000270. The van der Waals surface area contributed by atoms with E-state index in [1.807, 2.05) is 0 Å². The first-order valence-corrected chi connectivity index (χ1v) is 5.73. The Morgan fingerprint density at radius 3 is 2.29 bits per heavy atom. The van der Waals surface area contributed by atoms with E-state index in [-0.39, 0.29) is 11.8 Å². The quantitative estimate of drug-likeness (QED) is 0.630. The number of pyridine rings is 1. The first-order chi connectivity index (χ1) is 9.70. The number of alkyl halides is 3. The van der Waals surface area contributed by atoms with Gasteiger partial charge in [0.05, 0.1) is 17.8 Å². The number of nitrogens with one attached hydrogen (secondary N) is 2. The monoisotopic (exact) mass is 306 g/mol. The van der Waals surface area contributed by atoms with Gasteiger partial charge in [0.25, 0.3) is 0 Å². The van der Waals surface area contributed by atoms with Crippen molar-refractivity contribution in [3.63, 3.8) is 0 Å². The van der Waals surface area contributed by atoms with E-state index in [0.29, 0.717) is 11.5 Å². The van der Waals surface area contributed by atoms with Crippen LogP contribution < -0.4 is 16.4 Å². The van der Waals surface area contributed by atoms with Crippen molar-refractivity contribution in [3.8, 4) is 0 Å². The molecule has 0 saturated carbocycles. The lowest BCUT2D eigenvalue weighted by atomic mass is 10.0. The van der Waals surface area contributed by atoms with Crippen LogP contribution in [0.3, 0.4) is 0 Å². The van der Waals surface area contributed by atoms with Gasteiger partial charge in [0.1, 0.15) is 5.82 Å². The second kappa shape index (κ2) is 6.88. The summed E-state index contributed by atoms with van der Waals surface area (Å²) in [5.74, 6) is -2.11. The van der Waals surface area contributed by atoms with Gasteiger partial charge in [-0.2, -0.15) is 13.2 Å². The Kier molecular flexibility index (Phi) is 5.47. The number of aliphatic carboxylic acids is 1. The molecule has 7 nitrogen and oxygen atoms in total.